The lowest BCUT2D eigenvalue weighted by Crippen LogP contribution is -2.40. The summed E-state index contributed by atoms with van der Waals surface area (Å²) in [5.41, 5.74) is 1.45. The van der Waals surface area contributed by atoms with Gasteiger partial charge in [0.1, 0.15) is 16.5 Å². The van der Waals surface area contributed by atoms with Gasteiger partial charge in [0, 0.05) is 18.0 Å². The van der Waals surface area contributed by atoms with E-state index >= 15 is 0 Å². The molecule has 2 aromatic heterocycles. The third kappa shape index (κ3) is 2.66. The minimum Gasteiger partial charge on any atom is -0.466 e. The molecule has 0 saturated carbocycles. The van der Waals surface area contributed by atoms with E-state index in [0.717, 1.165) is 42.3 Å². The van der Waals surface area contributed by atoms with Crippen molar-refractivity contribution in [3.05, 3.63) is 16.3 Å². The van der Waals surface area contributed by atoms with Gasteiger partial charge in [-0.25, -0.2) is 9.97 Å². The first-order chi connectivity index (χ1) is 11.7. The van der Waals surface area contributed by atoms with Crippen LogP contribution in [0.5, 0.6) is 0 Å². The van der Waals surface area contributed by atoms with E-state index in [2.05, 4.69) is 9.88 Å². The molecule has 1 aliphatic heterocycles. The smallest absolute Gasteiger partial charge is 0.310 e. The molecule has 2 aromatic rings. The molecule has 24 heavy (non-hydrogen) atoms. The number of carbonyl (C=O) groups is 1. The first-order valence-electron chi connectivity index (χ1n) is 8.88. The molecule has 1 saturated heterocycles. The molecule has 2 aliphatic rings. The van der Waals surface area contributed by atoms with Crippen LogP contribution < -0.4 is 4.90 Å². The Bertz CT molecular complexity index is 786. The summed E-state index contributed by atoms with van der Waals surface area (Å²) < 4.78 is 5.24. The number of carbonyl (C=O) groups excluding carboxylic acids is 1. The summed E-state index contributed by atoms with van der Waals surface area (Å²) in [6.45, 7) is 5.93. The van der Waals surface area contributed by atoms with Crippen LogP contribution in [0.3, 0.4) is 0 Å². The molecule has 0 spiro atoms. The van der Waals surface area contributed by atoms with Crippen LogP contribution in [0.25, 0.3) is 10.2 Å². The highest BCUT2D eigenvalue weighted by molar-refractivity contribution is 7.19. The van der Waals surface area contributed by atoms with Crippen molar-refractivity contribution < 1.29 is 9.53 Å². The Morgan fingerprint density at radius 3 is 3.04 bits per heavy atom. The normalized spacial score (nSPS) is 20.4. The fourth-order valence-electron chi connectivity index (χ4n) is 3.93. The number of ether oxygens (including phenoxy) is 1. The van der Waals surface area contributed by atoms with Gasteiger partial charge in [-0.1, -0.05) is 0 Å². The number of rotatable bonds is 3. The number of anilines is 1. The van der Waals surface area contributed by atoms with Crippen LogP contribution in [-0.4, -0.2) is 35.6 Å². The fraction of sp³-hybridized carbons (Fsp3) is 0.611. The SMILES string of the molecule is CCOC(=O)[C@@H]1CCCN(c2nc(C)nc3sc4c(c23)CCC4)C1. The molecule has 1 fully saturated rings. The molecule has 0 N–H and O–H groups in total. The molecular formula is C18H23N3O2S. The first-order valence-corrected chi connectivity index (χ1v) is 9.69. The highest BCUT2D eigenvalue weighted by Crippen LogP contribution is 2.41. The second-order valence-corrected chi connectivity index (χ2v) is 7.75. The van der Waals surface area contributed by atoms with Gasteiger partial charge in [0.05, 0.1) is 17.9 Å². The van der Waals surface area contributed by atoms with Gasteiger partial charge < -0.3 is 9.64 Å². The Morgan fingerprint density at radius 1 is 1.33 bits per heavy atom. The van der Waals surface area contributed by atoms with E-state index in [1.807, 2.05) is 25.2 Å². The summed E-state index contributed by atoms with van der Waals surface area (Å²) >= 11 is 1.82. The molecule has 0 unspecified atom stereocenters. The summed E-state index contributed by atoms with van der Waals surface area (Å²) in [6.07, 6.45) is 5.44. The zero-order chi connectivity index (χ0) is 16.7. The van der Waals surface area contributed by atoms with Crippen molar-refractivity contribution in [3.63, 3.8) is 0 Å². The third-order valence-corrected chi connectivity index (χ3v) is 6.18. The molecular weight excluding hydrogens is 322 g/mol. The molecule has 0 bridgehead atoms. The molecule has 128 valence electrons. The average Bonchev–Trinajstić information content (AvgIpc) is 3.15. The maximum Gasteiger partial charge on any atom is 0.310 e. The van der Waals surface area contributed by atoms with E-state index < -0.39 is 0 Å². The first kappa shape index (κ1) is 15.8. The molecule has 5 nitrogen and oxygen atoms in total. The van der Waals surface area contributed by atoms with Crippen LogP contribution in [0, 0.1) is 12.8 Å². The Labute approximate surface area is 146 Å². The van der Waals surface area contributed by atoms with Crippen LogP contribution in [0.1, 0.15) is 42.5 Å². The number of thiophene rings is 1. The highest BCUT2D eigenvalue weighted by atomic mass is 32.1. The Kier molecular flexibility index (Phi) is 4.16. The monoisotopic (exact) mass is 345 g/mol. The van der Waals surface area contributed by atoms with Gasteiger partial charge in [0.15, 0.2) is 0 Å². The van der Waals surface area contributed by atoms with E-state index in [1.54, 1.807) is 0 Å². The van der Waals surface area contributed by atoms with Crippen molar-refractivity contribution in [2.45, 2.75) is 46.0 Å². The highest BCUT2D eigenvalue weighted by Gasteiger charge is 2.30. The Hall–Kier alpha value is -1.69. The molecule has 1 aliphatic carbocycles. The maximum absolute atomic E-state index is 12.2. The summed E-state index contributed by atoms with van der Waals surface area (Å²) in [6, 6.07) is 0. The van der Waals surface area contributed by atoms with Gasteiger partial charge in [-0.3, -0.25) is 4.79 Å². The van der Waals surface area contributed by atoms with Crippen LogP contribution in [0.2, 0.25) is 0 Å². The van der Waals surface area contributed by atoms with Gasteiger partial charge in [-0.2, -0.15) is 0 Å². The number of fused-ring (bicyclic) bond motifs is 3. The van der Waals surface area contributed by atoms with Crippen LogP contribution in [-0.2, 0) is 22.4 Å². The molecule has 0 aromatic carbocycles. The summed E-state index contributed by atoms with van der Waals surface area (Å²) in [7, 11) is 0. The van der Waals surface area contributed by atoms with Crippen molar-refractivity contribution in [1.29, 1.82) is 0 Å². The number of esters is 1. The van der Waals surface area contributed by atoms with Crippen LogP contribution in [0.4, 0.5) is 5.82 Å². The van der Waals surface area contributed by atoms with Gasteiger partial charge in [0.2, 0.25) is 0 Å². The second kappa shape index (κ2) is 6.31. The van der Waals surface area contributed by atoms with Crippen molar-refractivity contribution >= 4 is 33.3 Å². The quantitative estimate of drug-likeness (QED) is 0.799. The minimum absolute atomic E-state index is 0.0456. The summed E-state index contributed by atoms with van der Waals surface area (Å²) in [5.74, 6) is 1.73. The zero-order valence-electron chi connectivity index (χ0n) is 14.3. The molecule has 0 radical (unpaired) electrons. The van der Waals surface area contributed by atoms with E-state index in [0.29, 0.717) is 13.2 Å². The van der Waals surface area contributed by atoms with Crippen molar-refractivity contribution in [2.24, 2.45) is 5.92 Å². The largest absolute Gasteiger partial charge is 0.466 e. The van der Waals surface area contributed by atoms with E-state index in [-0.39, 0.29) is 11.9 Å². The number of hydrogen-bond donors (Lipinski definition) is 0. The number of aromatic nitrogens is 2. The lowest BCUT2D eigenvalue weighted by atomic mass is 9.98. The van der Waals surface area contributed by atoms with Gasteiger partial charge in [-0.05, 0) is 51.5 Å². The van der Waals surface area contributed by atoms with Crippen LogP contribution in [0.15, 0.2) is 0 Å². The number of nitrogens with zero attached hydrogens (tertiary/aromatic N) is 3. The van der Waals surface area contributed by atoms with Gasteiger partial charge in [-0.15, -0.1) is 11.3 Å². The standard InChI is InChI=1S/C18H23N3O2S/c1-3-23-18(22)12-6-5-9-21(10-12)16-15-13-7-4-8-14(13)24-17(15)20-11(2)19-16/h12H,3-10H2,1-2H3/t12-/m1/s1. The summed E-state index contributed by atoms with van der Waals surface area (Å²) in [5, 5.41) is 1.24. The average molecular weight is 345 g/mol. The van der Waals surface area contributed by atoms with E-state index in [4.69, 9.17) is 9.72 Å². The number of hydrogen-bond acceptors (Lipinski definition) is 6. The van der Waals surface area contributed by atoms with E-state index in [9.17, 15) is 4.79 Å². The molecule has 4 rings (SSSR count). The summed E-state index contributed by atoms with van der Waals surface area (Å²) in [4.78, 5) is 26.5. The van der Waals surface area contributed by atoms with Crippen molar-refractivity contribution in [2.75, 3.05) is 24.6 Å². The number of aryl methyl sites for hydroxylation is 3. The zero-order valence-corrected chi connectivity index (χ0v) is 15.1. The van der Waals surface area contributed by atoms with Gasteiger partial charge in [0.25, 0.3) is 0 Å². The maximum atomic E-state index is 12.2. The molecule has 6 heteroatoms. The predicted octanol–water partition coefficient (Wildman–Crippen LogP) is 3.27. The van der Waals surface area contributed by atoms with Crippen molar-refractivity contribution in [1.82, 2.24) is 9.97 Å². The number of piperidine rings is 1. The Balaban J connectivity index is 1.71. The minimum atomic E-state index is -0.0697. The topological polar surface area (TPSA) is 55.3 Å². The predicted molar refractivity (Wildman–Crippen MR) is 95.7 cm³/mol. The second-order valence-electron chi connectivity index (χ2n) is 6.67. The fourth-order valence-corrected chi connectivity index (χ4v) is 5.23. The Morgan fingerprint density at radius 2 is 2.21 bits per heavy atom. The lowest BCUT2D eigenvalue weighted by Gasteiger charge is -2.33. The molecule has 0 amide bonds. The third-order valence-electron chi connectivity index (χ3n) is 5.00. The molecule has 1 atom stereocenters. The van der Waals surface area contributed by atoms with E-state index in [1.165, 1.54) is 28.7 Å². The lowest BCUT2D eigenvalue weighted by molar-refractivity contribution is -0.148. The molecule has 3 heterocycles. The van der Waals surface area contributed by atoms with Crippen LogP contribution >= 0.6 is 11.3 Å². The van der Waals surface area contributed by atoms with Crippen molar-refractivity contribution in [3.8, 4) is 0 Å². The van der Waals surface area contributed by atoms with Gasteiger partial charge >= 0.3 is 5.97 Å².